The highest BCUT2D eigenvalue weighted by atomic mass is 16.5. The molecule has 0 aliphatic heterocycles. The molecule has 0 radical (unpaired) electrons. The highest BCUT2D eigenvalue weighted by Crippen LogP contribution is 2.23. The minimum atomic E-state index is -0.0219. The Bertz CT molecular complexity index is 561. The molecule has 2 unspecified atom stereocenters. The summed E-state index contributed by atoms with van der Waals surface area (Å²) in [5.41, 5.74) is 0. The third-order valence-corrected chi connectivity index (χ3v) is 8.84. The number of ketones is 1. The molecule has 0 bridgehead atoms. The summed E-state index contributed by atoms with van der Waals surface area (Å²) >= 11 is 0. The quantitative estimate of drug-likeness (QED) is 0.0572. The summed E-state index contributed by atoms with van der Waals surface area (Å²) in [4.78, 5) is 25.2. The summed E-state index contributed by atoms with van der Waals surface area (Å²) in [7, 11) is 1.77. The van der Waals surface area contributed by atoms with Crippen molar-refractivity contribution >= 4 is 11.8 Å². The Morgan fingerprint density at radius 3 is 1.56 bits per heavy atom. The van der Waals surface area contributed by atoms with Gasteiger partial charge in [-0.3, -0.25) is 9.59 Å². The number of hydrogen-bond acceptors (Lipinski definition) is 4. The van der Waals surface area contributed by atoms with Crippen LogP contribution in [0.4, 0.5) is 0 Å². The van der Waals surface area contributed by atoms with Crippen molar-refractivity contribution < 1.29 is 19.1 Å². The highest BCUT2D eigenvalue weighted by molar-refractivity contribution is 5.80. The Morgan fingerprint density at radius 2 is 1.02 bits per heavy atom. The van der Waals surface area contributed by atoms with Gasteiger partial charge in [0.1, 0.15) is 5.78 Å². The molecule has 0 saturated heterocycles. The molecule has 2 atom stereocenters. The summed E-state index contributed by atoms with van der Waals surface area (Å²) < 4.78 is 10.7. The fourth-order valence-electron chi connectivity index (χ4n) is 5.82. The van der Waals surface area contributed by atoms with Gasteiger partial charge in [0, 0.05) is 32.5 Å². The van der Waals surface area contributed by atoms with Crippen LogP contribution in [0.3, 0.4) is 0 Å². The molecule has 0 spiro atoms. The van der Waals surface area contributed by atoms with Gasteiger partial charge in [0.15, 0.2) is 0 Å². The maximum absolute atomic E-state index is 13.1. The fraction of sp³-hybridized carbons (Fsp3) is 0.946. The zero-order valence-corrected chi connectivity index (χ0v) is 28.3. The van der Waals surface area contributed by atoms with E-state index in [0.29, 0.717) is 24.7 Å². The number of hydrogen-bond donors (Lipinski definition) is 0. The van der Waals surface area contributed by atoms with Crippen molar-refractivity contribution in [1.29, 1.82) is 0 Å². The molecule has 4 nitrogen and oxygen atoms in total. The van der Waals surface area contributed by atoms with Gasteiger partial charge in [-0.2, -0.15) is 0 Å². The van der Waals surface area contributed by atoms with E-state index in [1.165, 1.54) is 109 Å². The summed E-state index contributed by atoms with van der Waals surface area (Å²) in [6.07, 6.45) is 31.4. The van der Waals surface area contributed by atoms with E-state index in [2.05, 4.69) is 20.8 Å². The Labute approximate surface area is 256 Å². The van der Waals surface area contributed by atoms with Crippen LogP contribution in [0.15, 0.2) is 0 Å². The molecule has 0 aromatic heterocycles. The lowest BCUT2D eigenvalue weighted by atomic mass is 9.88. The lowest BCUT2D eigenvalue weighted by Gasteiger charge is -2.16. The zero-order chi connectivity index (χ0) is 30.2. The topological polar surface area (TPSA) is 52.6 Å². The SMILES string of the molecule is CCCCCCCCCC(CCCCCCCC(=O)OCC(CC)CCCC)C(=O)CCCCCCCCCOC. The average molecular weight is 581 g/mol. The maximum Gasteiger partial charge on any atom is 0.305 e. The number of unbranched alkanes of at least 4 members (excludes halogenated alkanes) is 17. The second kappa shape index (κ2) is 32.0. The van der Waals surface area contributed by atoms with Crippen molar-refractivity contribution in [2.45, 2.75) is 194 Å². The monoisotopic (exact) mass is 581 g/mol. The van der Waals surface area contributed by atoms with Gasteiger partial charge < -0.3 is 9.47 Å². The second-order valence-corrected chi connectivity index (χ2v) is 12.7. The van der Waals surface area contributed by atoms with Crippen LogP contribution in [-0.4, -0.2) is 32.1 Å². The minimum Gasteiger partial charge on any atom is -0.465 e. The number of carbonyl (C=O) groups is 2. The number of Topliss-reactive ketones (excluding diaryl/α,β-unsaturated/α-hetero) is 1. The largest absolute Gasteiger partial charge is 0.465 e. The molecule has 0 rings (SSSR count). The molecular formula is C37H72O4. The molecule has 41 heavy (non-hydrogen) atoms. The Balaban J connectivity index is 4.16. The first-order valence-electron chi connectivity index (χ1n) is 18.3. The highest BCUT2D eigenvalue weighted by Gasteiger charge is 2.17. The molecule has 0 aliphatic rings. The van der Waals surface area contributed by atoms with Crippen LogP contribution in [0.25, 0.3) is 0 Å². The average Bonchev–Trinajstić information content (AvgIpc) is 2.98. The first kappa shape index (κ1) is 40.1. The predicted molar refractivity (Wildman–Crippen MR) is 177 cm³/mol. The van der Waals surface area contributed by atoms with Gasteiger partial charge >= 0.3 is 5.97 Å². The van der Waals surface area contributed by atoms with Crippen LogP contribution in [-0.2, 0) is 19.1 Å². The zero-order valence-electron chi connectivity index (χ0n) is 28.3. The Hall–Kier alpha value is -0.900. The molecule has 0 N–H and O–H groups in total. The van der Waals surface area contributed by atoms with Crippen molar-refractivity contribution in [3.63, 3.8) is 0 Å². The number of methoxy groups -OCH3 is 1. The van der Waals surface area contributed by atoms with Crippen LogP contribution >= 0.6 is 0 Å². The third-order valence-electron chi connectivity index (χ3n) is 8.84. The van der Waals surface area contributed by atoms with Gasteiger partial charge in [-0.05, 0) is 44.4 Å². The van der Waals surface area contributed by atoms with Crippen molar-refractivity contribution in [3.8, 4) is 0 Å². The fourth-order valence-corrected chi connectivity index (χ4v) is 5.82. The number of ether oxygens (including phenoxy) is 2. The number of carbonyl (C=O) groups excluding carboxylic acids is 2. The van der Waals surface area contributed by atoms with Gasteiger partial charge in [-0.15, -0.1) is 0 Å². The van der Waals surface area contributed by atoms with Crippen LogP contribution < -0.4 is 0 Å². The molecule has 0 aromatic carbocycles. The summed E-state index contributed by atoms with van der Waals surface area (Å²) in [6, 6.07) is 0. The molecule has 0 aromatic rings. The molecular weight excluding hydrogens is 508 g/mol. The summed E-state index contributed by atoms with van der Waals surface area (Å²) in [5, 5.41) is 0. The van der Waals surface area contributed by atoms with Crippen molar-refractivity contribution in [1.82, 2.24) is 0 Å². The molecule has 4 heteroatoms. The van der Waals surface area contributed by atoms with Crippen molar-refractivity contribution in [2.24, 2.45) is 11.8 Å². The molecule has 0 heterocycles. The standard InChI is InChI=1S/C37H72O4/c1-5-8-10-11-13-17-22-28-35(36(38)30-24-19-14-12-15-21-26-32-40-4)29-23-18-16-20-25-31-37(39)41-33-34(7-3)27-9-6-2/h34-35H,5-33H2,1-4H3. The maximum atomic E-state index is 13.1. The van der Waals surface area contributed by atoms with Crippen LogP contribution in [0.2, 0.25) is 0 Å². The van der Waals surface area contributed by atoms with Gasteiger partial charge in [0.25, 0.3) is 0 Å². The van der Waals surface area contributed by atoms with E-state index in [-0.39, 0.29) is 11.9 Å². The molecule has 0 aliphatic carbocycles. The predicted octanol–water partition coefficient (Wildman–Crippen LogP) is 11.6. The van der Waals surface area contributed by atoms with Gasteiger partial charge in [0.05, 0.1) is 6.61 Å². The summed E-state index contributed by atoms with van der Waals surface area (Å²) in [5.74, 6) is 1.30. The molecule has 244 valence electrons. The summed E-state index contributed by atoms with van der Waals surface area (Å²) in [6.45, 7) is 8.14. The number of rotatable bonds is 33. The second-order valence-electron chi connectivity index (χ2n) is 12.7. The minimum absolute atomic E-state index is 0.0219. The van der Waals surface area contributed by atoms with E-state index in [1.54, 1.807) is 7.11 Å². The normalized spacial score (nSPS) is 12.9. The smallest absolute Gasteiger partial charge is 0.305 e. The van der Waals surface area contributed by atoms with E-state index < -0.39 is 0 Å². The number of esters is 1. The van der Waals surface area contributed by atoms with Gasteiger partial charge in [0.2, 0.25) is 0 Å². The molecule has 0 saturated carbocycles. The molecule has 0 amide bonds. The van der Waals surface area contributed by atoms with Gasteiger partial charge in [-0.25, -0.2) is 0 Å². The lowest BCUT2D eigenvalue weighted by molar-refractivity contribution is -0.145. The van der Waals surface area contributed by atoms with Gasteiger partial charge in [-0.1, -0.05) is 143 Å². The molecule has 0 fully saturated rings. The van der Waals surface area contributed by atoms with Crippen LogP contribution in [0.5, 0.6) is 0 Å². The van der Waals surface area contributed by atoms with E-state index in [1.807, 2.05) is 0 Å². The van der Waals surface area contributed by atoms with Crippen molar-refractivity contribution in [3.05, 3.63) is 0 Å². The Morgan fingerprint density at radius 1 is 0.537 bits per heavy atom. The Kier molecular flexibility index (Phi) is 31.3. The first-order valence-corrected chi connectivity index (χ1v) is 18.3. The lowest BCUT2D eigenvalue weighted by Crippen LogP contribution is -2.15. The van der Waals surface area contributed by atoms with E-state index in [0.717, 1.165) is 64.4 Å². The van der Waals surface area contributed by atoms with E-state index in [9.17, 15) is 9.59 Å². The first-order chi connectivity index (χ1) is 20.1. The van der Waals surface area contributed by atoms with E-state index >= 15 is 0 Å². The van der Waals surface area contributed by atoms with Crippen LogP contribution in [0.1, 0.15) is 194 Å². The van der Waals surface area contributed by atoms with E-state index in [4.69, 9.17) is 9.47 Å². The van der Waals surface area contributed by atoms with Crippen molar-refractivity contribution in [2.75, 3.05) is 20.3 Å². The van der Waals surface area contributed by atoms with Crippen LogP contribution in [0, 0.1) is 11.8 Å². The third kappa shape index (κ3) is 27.7.